The van der Waals surface area contributed by atoms with E-state index >= 15 is 0 Å². The molecule has 0 atom stereocenters. The maximum Gasteiger partial charge on any atom is 0.124 e. The van der Waals surface area contributed by atoms with E-state index in [2.05, 4.69) is 63.5 Å². The number of hydrogen-bond acceptors (Lipinski definition) is 3. The molecule has 1 aliphatic rings. The summed E-state index contributed by atoms with van der Waals surface area (Å²) >= 11 is 0. The van der Waals surface area contributed by atoms with E-state index in [1.807, 2.05) is 26.0 Å². The number of aryl methyl sites for hydroxylation is 1. The zero-order chi connectivity index (χ0) is 20.4. The van der Waals surface area contributed by atoms with Crippen molar-refractivity contribution in [2.24, 2.45) is 0 Å². The second-order valence-corrected chi connectivity index (χ2v) is 13.2. The molecule has 0 aliphatic carbocycles. The fourth-order valence-corrected chi connectivity index (χ4v) is 1.88. The zero-order valence-electron chi connectivity index (χ0n) is 18.6. The minimum atomic E-state index is -0.340. The summed E-state index contributed by atoms with van der Waals surface area (Å²) in [7, 11) is -0.340. The number of benzene rings is 1. The summed E-state index contributed by atoms with van der Waals surface area (Å²) in [4.78, 5) is 2.30. The molecule has 0 aromatic heterocycles. The van der Waals surface area contributed by atoms with Crippen LogP contribution in [0.2, 0.25) is 0 Å². The van der Waals surface area contributed by atoms with Gasteiger partial charge in [0.15, 0.2) is 0 Å². The molecule has 1 heterocycles. The van der Waals surface area contributed by atoms with E-state index in [0.717, 1.165) is 31.8 Å². The van der Waals surface area contributed by atoms with Crippen LogP contribution in [0.1, 0.15) is 46.6 Å². The molecule has 1 saturated heterocycles. The Bertz CT molecular complexity index is 456. The summed E-state index contributed by atoms with van der Waals surface area (Å²) < 4.78 is 6.33. The van der Waals surface area contributed by atoms with Crippen LogP contribution >= 0.6 is 10.0 Å². The first kappa shape index (κ1) is 25.3. The van der Waals surface area contributed by atoms with Crippen molar-refractivity contribution >= 4 is 10.0 Å². The largest absolute Gasteiger partial charge is 0.488 e. The summed E-state index contributed by atoms with van der Waals surface area (Å²) in [5, 5.41) is 8.70. The van der Waals surface area contributed by atoms with Gasteiger partial charge in [-0.25, -0.2) is 10.0 Å². The molecule has 26 heavy (non-hydrogen) atoms. The van der Waals surface area contributed by atoms with Gasteiger partial charge in [0.25, 0.3) is 0 Å². The monoisotopic (exact) mass is 385 g/mol. The molecule has 1 aliphatic heterocycles. The van der Waals surface area contributed by atoms with Gasteiger partial charge >= 0.3 is 0 Å². The predicted molar refractivity (Wildman–Crippen MR) is 120 cm³/mol. The lowest BCUT2D eigenvalue weighted by Gasteiger charge is -2.40. The first-order valence-electron chi connectivity index (χ1n) is 9.77. The van der Waals surface area contributed by atoms with E-state index in [0.29, 0.717) is 10.9 Å². The first-order chi connectivity index (χ1) is 12.0. The van der Waals surface area contributed by atoms with Crippen LogP contribution in [0, 0.1) is 6.92 Å². The lowest BCUT2D eigenvalue weighted by atomic mass is 10.1. The average molecular weight is 386 g/mol. The van der Waals surface area contributed by atoms with E-state index in [-0.39, 0.29) is 16.6 Å². The van der Waals surface area contributed by atoms with Gasteiger partial charge in [0.05, 0.1) is 0 Å². The molecule has 0 spiro atoms. The Morgan fingerprint density at radius 1 is 1.08 bits per heavy atom. The molecular weight excluding hydrogens is 342 g/mol. The second-order valence-electron chi connectivity index (χ2n) is 8.34. The number of ether oxygens (including phenoxy) is 1. The number of rotatable bonds is 5. The van der Waals surface area contributed by atoms with Crippen LogP contribution in [-0.2, 0) is 0 Å². The van der Waals surface area contributed by atoms with E-state index in [1.54, 1.807) is 0 Å². The van der Waals surface area contributed by atoms with E-state index in [9.17, 15) is 0 Å². The molecule has 0 bridgehead atoms. The summed E-state index contributed by atoms with van der Waals surface area (Å²) in [5.74, 6) is 0.956. The van der Waals surface area contributed by atoms with Crippen molar-refractivity contribution in [3.8, 4) is 5.75 Å². The Hall–Kier alpha value is -0.710. The van der Waals surface area contributed by atoms with Gasteiger partial charge in [0.1, 0.15) is 11.9 Å². The van der Waals surface area contributed by atoms with E-state index < -0.39 is 0 Å². The molecule has 3 nitrogen and oxygen atoms in total. The number of aliphatic hydroxyl groups excluding tert-OH is 1. The lowest BCUT2D eigenvalue weighted by Crippen LogP contribution is -2.53. The van der Waals surface area contributed by atoms with Gasteiger partial charge in [-0.3, -0.25) is 4.90 Å². The fraction of sp³-hybridized carbons (Fsp3) is 0.727. The van der Waals surface area contributed by atoms with Crippen LogP contribution in [0.15, 0.2) is 24.3 Å². The summed E-state index contributed by atoms with van der Waals surface area (Å²) in [6.45, 7) is 16.2. The van der Waals surface area contributed by atoms with E-state index in [4.69, 9.17) is 9.84 Å². The van der Waals surface area contributed by atoms with Crippen molar-refractivity contribution in [3.63, 3.8) is 0 Å². The molecule has 1 aromatic rings. The molecule has 154 valence electrons. The zero-order valence-corrected chi connectivity index (χ0v) is 19.4. The molecule has 0 saturated carbocycles. The van der Waals surface area contributed by atoms with Crippen molar-refractivity contribution in [2.75, 3.05) is 45.0 Å². The maximum absolute atomic E-state index is 8.70. The number of aliphatic hydroxyl groups is 1. The van der Waals surface area contributed by atoms with Crippen LogP contribution < -0.4 is 4.74 Å². The Morgan fingerprint density at radius 2 is 1.54 bits per heavy atom. The van der Waals surface area contributed by atoms with Crippen molar-refractivity contribution in [1.29, 1.82) is 0 Å². The third-order valence-electron chi connectivity index (χ3n) is 4.72. The standard InChI is InChI=1S/C13H19NO2.C7H18S.C2H6/c1-11-3-5-12(6-4-11)16-13-9-14(10-13)7-2-8-15;1-7(2,3)8(4,5)6;1-2/h3-6,13,15H,2,7-10H2,1H3;1-6H3;1-2H3. The van der Waals surface area contributed by atoms with Gasteiger partial charge in [-0.05, 0) is 49.0 Å². The van der Waals surface area contributed by atoms with Crippen molar-refractivity contribution in [3.05, 3.63) is 29.8 Å². The molecular formula is C22H43NO2S. The highest BCUT2D eigenvalue weighted by Crippen LogP contribution is 2.48. The van der Waals surface area contributed by atoms with Gasteiger partial charge in [-0.2, -0.15) is 0 Å². The van der Waals surface area contributed by atoms with Crippen LogP contribution in [-0.4, -0.2) is 65.9 Å². The number of likely N-dealkylation sites (tertiary alicyclic amines) is 1. The number of hydrogen-bond donors (Lipinski definition) is 1. The van der Waals surface area contributed by atoms with Gasteiger partial charge < -0.3 is 9.84 Å². The highest BCUT2D eigenvalue weighted by Gasteiger charge is 2.27. The highest BCUT2D eigenvalue weighted by atomic mass is 32.3. The SMILES string of the molecule is CC.CC(C)(C)S(C)(C)C.Cc1ccc(OC2CN(CCCO)C2)cc1. The van der Waals surface area contributed by atoms with Crippen molar-refractivity contribution in [1.82, 2.24) is 4.90 Å². The summed E-state index contributed by atoms with van der Waals surface area (Å²) in [5.41, 5.74) is 1.26. The molecule has 0 amide bonds. The Morgan fingerprint density at radius 3 is 1.92 bits per heavy atom. The normalized spacial score (nSPS) is 15.8. The predicted octanol–water partition coefficient (Wildman–Crippen LogP) is 4.95. The van der Waals surface area contributed by atoms with Crippen LogP contribution in [0.25, 0.3) is 0 Å². The van der Waals surface area contributed by atoms with Crippen LogP contribution in [0.4, 0.5) is 0 Å². The molecule has 2 rings (SSSR count). The van der Waals surface area contributed by atoms with Crippen molar-refractivity contribution < 1.29 is 9.84 Å². The van der Waals surface area contributed by atoms with Gasteiger partial charge in [-0.15, -0.1) is 0 Å². The van der Waals surface area contributed by atoms with E-state index in [1.165, 1.54) is 5.56 Å². The second kappa shape index (κ2) is 11.9. The Labute approximate surface area is 164 Å². The average Bonchev–Trinajstić information content (AvgIpc) is 2.52. The molecule has 0 radical (unpaired) electrons. The number of nitrogens with zero attached hydrogens (tertiary/aromatic N) is 1. The van der Waals surface area contributed by atoms with Crippen LogP contribution in [0.3, 0.4) is 0 Å². The molecule has 1 fully saturated rings. The molecule has 0 unspecified atom stereocenters. The Kier molecular flexibility index (Phi) is 11.6. The third-order valence-corrected chi connectivity index (χ3v) is 8.39. The summed E-state index contributed by atoms with van der Waals surface area (Å²) in [6.07, 6.45) is 8.24. The van der Waals surface area contributed by atoms with Crippen molar-refractivity contribution in [2.45, 2.75) is 58.8 Å². The minimum Gasteiger partial charge on any atom is -0.488 e. The molecule has 4 heteroatoms. The van der Waals surface area contributed by atoms with Crippen LogP contribution in [0.5, 0.6) is 5.75 Å². The van der Waals surface area contributed by atoms with Gasteiger partial charge in [0, 0.05) is 26.2 Å². The fourth-order valence-electron chi connectivity index (χ4n) is 1.88. The van der Waals surface area contributed by atoms with Gasteiger partial charge in [0.2, 0.25) is 0 Å². The minimum absolute atomic E-state index is 0.278. The maximum atomic E-state index is 8.70. The first-order valence-corrected chi connectivity index (χ1v) is 12.6. The smallest absolute Gasteiger partial charge is 0.124 e. The summed E-state index contributed by atoms with van der Waals surface area (Å²) in [6, 6.07) is 8.17. The molecule has 1 aromatic carbocycles. The lowest BCUT2D eigenvalue weighted by molar-refractivity contribution is 0.0167. The third kappa shape index (κ3) is 9.84. The van der Waals surface area contributed by atoms with Gasteiger partial charge in [-0.1, -0.05) is 52.3 Å². The Balaban J connectivity index is 0.000000533. The topological polar surface area (TPSA) is 32.7 Å². The highest BCUT2D eigenvalue weighted by molar-refractivity contribution is 8.33. The quantitative estimate of drug-likeness (QED) is 0.779. The molecule has 1 N–H and O–H groups in total.